The van der Waals surface area contributed by atoms with Gasteiger partial charge in [-0.1, -0.05) is 48.7 Å². The number of nitrogens with one attached hydrogen (secondary N) is 1. The number of carbonyl (C=O) groups is 3. The van der Waals surface area contributed by atoms with Crippen LogP contribution in [0.25, 0.3) is 17.0 Å². The molecule has 2 fully saturated rings. The number of hydrogen-bond donors (Lipinski definition) is 1. The Bertz CT molecular complexity index is 1270. The molecule has 1 N–H and O–H groups in total. The number of carbonyl (C=O) groups excluding carboxylic acids is 3. The van der Waals surface area contributed by atoms with Crippen molar-refractivity contribution in [2.24, 2.45) is 0 Å². The number of nitrogens with zero attached hydrogens (tertiary/aromatic N) is 2. The molecule has 1 saturated heterocycles. The molecule has 2 heterocycles. The fourth-order valence-electron chi connectivity index (χ4n) is 4.54. The smallest absolute Gasteiger partial charge is 0.298 e. The van der Waals surface area contributed by atoms with Crippen LogP contribution in [-0.2, 0) is 16.1 Å². The minimum Gasteiger partial charge on any atom is -0.352 e. The molecule has 1 aromatic heterocycles. The van der Waals surface area contributed by atoms with Crippen molar-refractivity contribution in [1.82, 2.24) is 9.88 Å². The van der Waals surface area contributed by atoms with Crippen LogP contribution in [0, 0.1) is 6.92 Å². The topological polar surface area (TPSA) is 71.4 Å². The number of para-hydroxylation sites is 1. The second-order valence-electron chi connectivity index (χ2n) is 8.63. The van der Waals surface area contributed by atoms with Gasteiger partial charge in [0.05, 0.1) is 10.6 Å². The van der Waals surface area contributed by atoms with Gasteiger partial charge in [0.2, 0.25) is 5.91 Å². The lowest BCUT2D eigenvalue weighted by molar-refractivity contribution is -0.122. The summed E-state index contributed by atoms with van der Waals surface area (Å²) in [5.74, 6) is -0.335. The number of imide groups is 1. The molecular weight excluding hydrogens is 434 g/mol. The minimum atomic E-state index is -0.329. The number of amides is 3. The quantitative estimate of drug-likeness (QED) is 0.529. The summed E-state index contributed by atoms with van der Waals surface area (Å²) in [5.41, 5.74) is 3.36. The molecule has 0 unspecified atom stereocenters. The zero-order valence-electron chi connectivity index (χ0n) is 18.4. The predicted octanol–water partition coefficient (Wildman–Crippen LogP) is 5.25. The van der Waals surface area contributed by atoms with Crippen molar-refractivity contribution in [1.29, 1.82) is 0 Å². The molecule has 2 aromatic carbocycles. The van der Waals surface area contributed by atoms with Gasteiger partial charge in [0.1, 0.15) is 6.54 Å². The van der Waals surface area contributed by atoms with Crippen LogP contribution in [0.3, 0.4) is 0 Å². The average molecular weight is 460 g/mol. The van der Waals surface area contributed by atoms with Gasteiger partial charge < -0.3 is 9.88 Å². The summed E-state index contributed by atoms with van der Waals surface area (Å²) in [6.45, 7) is 2.18. The number of thioether (sulfide) groups is 1. The van der Waals surface area contributed by atoms with Gasteiger partial charge in [-0.25, -0.2) is 4.90 Å². The molecule has 1 saturated carbocycles. The lowest BCUT2D eigenvalue weighted by Gasteiger charge is -2.12. The first-order valence-electron chi connectivity index (χ1n) is 11.2. The molecule has 3 aromatic rings. The van der Waals surface area contributed by atoms with Gasteiger partial charge in [0.25, 0.3) is 11.1 Å². The fraction of sp³-hybridized carbons (Fsp3) is 0.269. The third-order valence-corrected chi connectivity index (χ3v) is 7.10. The van der Waals surface area contributed by atoms with Gasteiger partial charge in [-0.05, 0) is 55.8 Å². The summed E-state index contributed by atoms with van der Waals surface area (Å²) in [6.07, 6.45) is 8.06. The molecule has 33 heavy (non-hydrogen) atoms. The van der Waals surface area contributed by atoms with Crippen molar-refractivity contribution in [2.75, 3.05) is 4.90 Å². The molecule has 168 valence electrons. The molecular formula is C26H25N3O3S. The molecule has 1 aliphatic heterocycles. The molecule has 0 radical (unpaired) electrons. The molecule has 1 aliphatic carbocycles. The van der Waals surface area contributed by atoms with E-state index in [2.05, 4.69) is 5.32 Å². The highest BCUT2D eigenvalue weighted by molar-refractivity contribution is 8.19. The van der Waals surface area contributed by atoms with Crippen LogP contribution in [-0.4, -0.2) is 27.7 Å². The maximum absolute atomic E-state index is 13.1. The van der Waals surface area contributed by atoms with E-state index in [1.165, 1.54) is 17.7 Å². The van der Waals surface area contributed by atoms with Crippen molar-refractivity contribution in [3.8, 4) is 0 Å². The lowest BCUT2D eigenvalue weighted by atomic mass is 10.1. The summed E-state index contributed by atoms with van der Waals surface area (Å²) in [7, 11) is 0. The number of aromatic nitrogens is 1. The van der Waals surface area contributed by atoms with E-state index in [0.29, 0.717) is 10.6 Å². The Kier molecular flexibility index (Phi) is 5.81. The van der Waals surface area contributed by atoms with E-state index in [9.17, 15) is 14.4 Å². The molecule has 6 nitrogen and oxygen atoms in total. The number of aryl methyl sites for hydroxylation is 1. The zero-order chi connectivity index (χ0) is 22.9. The largest absolute Gasteiger partial charge is 0.352 e. The van der Waals surface area contributed by atoms with Crippen LogP contribution in [0.5, 0.6) is 0 Å². The number of fused-ring (bicyclic) bond motifs is 1. The van der Waals surface area contributed by atoms with Gasteiger partial charge in [-0.2, -0.15) is 0 Å². The van der Waals surface area contributed by atoms with Crippen LogP contribution in [0.15, 0.2) is 59.6 Å². The van der Waals surface area contributed by atoms with Crippen molar-refractivity contribution in [3.05, 3.63) is 70.8 Å². The minimum absolute atomic E-state index is 0.00565. The average Bonchev–Trinajstić information content (AvgIpc) is 3.49. The summed E-state index contributed by atoms with van der Waals surface area (Å²) in [6, 6.07) is 15.4. The molecule has 0 bridgehead atoms. The highest BCUT2D eigenvalue weighted by atomic mass is 32.2. The Hall–Kier alpha value is -3.32. The Balaban J connectivity index is 1.43. The first kappa shape index (κ1) is 21.5. The van der Waals surface area contributed by atoms with Crippen molar-refractivity contribution in [3.63, 3.8) is 0 Å². The third kappa shape index (κ3) is 4.33. The van der Waals surface area contributed by atoms with Crippen LogP contribution in [0.2, 0.25) is 0 Å². The van der Waals surface area contributed by atoms with Crippen molar-refractivity contribution >= 4 is 51.5 Å². The maximum Gasteiger partial charge on any atom is 0.298 e. The highest BCUT2D eigenvalue weighted by Gasteiger charge is 2.36. The van der Waals surface area contributed by atoms with E-state index >= 15 is 0 Å². The van der Waals surface area contributed by atoms with E-state index in [-0.39, 0.29) is 29.6 Å². The summed E-state index contributed by atoms with van der Waals surface area (Å²) < 4.78 is 1.91. The van der Waals surface area contributed by atoms with Crippen molar-refractivity contribution in [2.45, 2.75) is 45.2 Å². The van der Waals surface area contributed by atoms with E-state index in [0.717, 1.165) is 46.6 Å². The predicted molar refractivity (Wildman–Crippen MR) is 132 cm³/mol. The highest BCUT2D eigenvalue weighted by Crippen LogP contribution is 2.37. The number of hydrogen-bond acceptors (Lipinski definition) is 4. The Morgan fingerprint density at radius 2 is 1.82 bits per heavy atom. The Morgan fingerprint density at radius 1 is 1.09 bits per heavy atom. The zero-order valence-corrected chi connectivity index (χ0v) is 19.2. The molecule has 2 aliphatic rings. The van der Waals surface area contributed by atoms with E-state index in [1.807, 2.05) is 54.1 Å². The standard InChI is InChI=1S/C26H25N3O3S/c1-17-10-12-20(13-11-17)29-25(31)23(33-26(29)32)14-18-15-28(22-9-5-4-8-21(18)22)16-24(30)27-19-6-2-3-7-19/h4-5,8-15,19H,2-3,6-7,16H2,1H3,(H,27,30)/b23-14-. The summed E-state index contributed by atoms with van der Waals surface area (Å²) in [5, 5.41) is 3.76. The molecule has 0 atom stereocenters. The van der Waals surface area contributed by atoms with Crippen LogP contribution < -0.4 is 10.2 Å². The van der Waals surface area contributed by atoms with Crippen molar-refractivity contribution < 1.29 is 14.4 Å². The number of anilines is 1. The number of benzene rings is 2. The van der Waals surface area contributed by atoms with Crippen LogP contribution >= 0.6 is 11.8 Å². The molecule has 7 heteroatoms. The number of rotatable bonds is 5. The van der Waals surface area contributed by atoms with E-state index in [4.69, 9.17) is 0 Å². The Morgan fingerprint density at radius 3 is 2.58 bits per heavy atom. The van der Waals surface area contributed by atoms with Gasteiger partial charge in [0.15, 0.2) is 0 Å². The SMILES string of the molecule is Cc1ccc(N2C(=O)S/C(=C\c3cn(CC(=O)NC4CCCC4)c4ccccc34)C2=O)cc1. The molecule has 0 spiro atoms. The van der Waals surface area contributed by atoms with E-state index in [1.54, 1.807) is 18.2 Å². The normalized spacial score (nSPS) is 18.1. The Labute approximate surface area is 196 Å². The summed E-state index contributed by atoms with van der Waals surface area (Å²) in [4.78, 5) is 39.9. The summed E-state index contributed by atoms with van der Waals surface area (Å²) >= 11 is 0.939. The first-order chi connectivity index (χ1) is 16.0. The first-order valence-corrected chi connectivity index (χ1v) is 12.0. The van der Waals surface area contributed by atoms with Gasteiger partial charge >= 0.3 is 0 Å². The maximum atomic E-state index is 13.1. The lowest BCUT2D eigenvalue weighted by Crippen LogP contribution is -2.35. The van der Waals surface area contributed by atoms with E-state index < -0.39 is 0 Å². The molecule has 5 rings (SSSR count). The fourth-order valence-corrected chi connectivity index (χ4v) is 5.38. The second-order valence-corrected chi connectivity index (χ2v) is 9.62. The molecule has 3 amide bonds. The van der Waals surface area contributed by atoms with Gasteiger partial charge in [0, 0.05) is 28.7 Å². The third-order valence-electron chi connectivity index (χ3n) is 6.23. The van der Waals surface area contributed by atoms with Crippen LogP contribution in [0.1, 0.15) is 36.8 Å². The van der Waals surface area contributed by atoms with Crippen LogP contribution in [0.4, 0.5) is 10.5 Å². The van der Waals surface area contributed by atoms with Gasteiger partial charge in [-0.3, -0.25) is 14.4 Å². The second kappa shape index (κ2) is 8.90. The van der Waals surface area contributed by atoms with Gasteiger partial charge in [-0.15, -0.1) is 0 Å². The monoisotopic (exact) mass is 459 g/mol.